The lowest BCUT2D eigenvalue weighted by Crippen LogP contribution is -2.17. The average molecular weight is 627 g/mol. The minimum Gasteiger partial charge on any atom is -0.310 e. The van der Waals surface area contributed by atoms with Crippen molar-refractivity contribution in [1.82, 2.24) is 0 Å². The fraction of sp³-hybridized carbons (Fsp3) is 0.0638. The Balaban J connectivity index is 1.13. The Morgan fingerprint density at radius 2 is 1.00 bits per heavy atom. The molecule has 1 aliphatic heterocycles. The molecule has 0 unspecified atom stereocenters. The predicted octanol–water partition coefficient (Wildman–Crippen LogP) is 13.2. The van der Waals surface area contributed by atoms with Gasteiger partial charge < -0.3 is 9.80 Å². The van der Waals surface area contributed by atoms with Gasteiger partial charge in [0.25, 0.3) is 0 Å². The molecule has 0 N–H and O–H groups in total. The van der Waals surface area contributed by atoms with Gasteiger partial charge in [-0.2, -0.15) is 0 Å². The van der Waals surface area contributed by atoms with Crippen LogP contribution in [0.4, 0.5) is 34.1 Å². The lowest BCUT2D eigenvalue weighted by Gasteiger charge is -2.34. The van der Waals surface area contributed by atoms with Gasteiger partial charge in [-0.15, -0.1) is 0 Å². The lowest BCUT2D eigenvalue weighted by molar-refractivity contribution is 0.660. The summed E-state index contributed by atoms with van der Waals surface area (Å²) in [5.74, 6) is 0. The maximum Gasteiger partial charge on any atom is 0.0546 e. The molecule has 0 atom stereocenters. The smallest absolute Gasteiger partial charge is 0.0546 e. The van der Waals surface area contributed by atoms with E-state index in [0.717, 1.165) is 22.7 Å². The first kappa shape index (κ1) is 27.9. The summed E-state index contributed by atoms with van der Waals surface area (Å²) in [7, 11) is 0. The molecule has 10 rings (SSSR count). The Kier molecular flexibility index (Phi) is 5.95. The number of rotatable bonds is 4. The first-order valence-corrected chi connectivity index (χ1v) is 17.1. The summed E-state index contributed by atoms with van der Waals surface area (Å²) in [5, 5.41) is 5.03. The van der Waals surface area contributed by atoms with Crippen molar-refractivity contribution in [2.75, 3.05) is 9.80 Å². The van der Waals surface area contributed by atoms with Crippen molar-refractivity contribution in [3.63, 3.8) is 0 Å². The van der Waals surface area contributed by atoms with E-state index in [1.54, 1.807) is 0 Å². The van der Waals surface area contributed by atoms with Crippen molar-refractivity contribution >= 4 is 55.7 Å². The Morgan fingerprint density at radius 1 is 0.408 bits per heavy atom. The summed E-state index contributed by atoms with van der Waals surface area (Å²) in [6, 6.07) is 62.5. The van der Waals surface area contributed by atoms with Crippen LogP contribution >= 0.6 is 0 Å². The SMILES string of the molecule is CC1(C)c2ccccc2-c2ccc(N(c3ccc(N4c5ccccc5-c5cccc6cccc4c56)cc3)c3ccc4ccccc4c3)cc21. The zero-order valence-electron chi connectivity index (χ0n) is 27.6. The Bertz CT molecular complexity index is 2590. The molecular weight excluding hydrogens is 593 g/mol. The van der Waals surface area contributed by atoms with Crippen LogP contribution in [0.3, 0.4) is 0 Å². The molecule has 0 fully saturated rings. The highest BCUT2D eigenvalue weighted by Gasteiger charge is 2.36. The van der Waals surface area contributed by atoms with Crippen LogP contribution in [0.25, 0.3) is 43.8 Å². The van der Waals surface area contributed by atoms with E-state index < -0.39 is 0 Å². The van der Waals surface area contributed by atoms with Crippen LogP contribution in [0.5, 0.6) is 0 Å². The van der Waals surface area contributed by atoms with Crippen LogP contribution in [0.15, 0.2) is 170 Å². The van der Waals surface area contributed by atoms with E-state index in [0.29, 0.717) is 0 Å². The molecule has 1 heterocycles. The van der Waals surface area contributed by atoms with Gasteiger partial charge in [0.05, 0.1) is 11.4 Å². The van der Waals surface area contributed by atoms with Gasteiger partial charge in [-0.05, 0) is 105 Å². The molecule has 0 bridgehead atoms. The summed E-state index contributed by atoms with van der Waals surface area (Å²) in [5.41, 5.74) is 14.9. The second kappa shape index (κ2) is 10.4. The van der Waals surface area contributed by atoms with E-state index in [4.69, 9.17) is 0 Å². The molecule has 8 aromatic carbocycles. The highest BCUT2D eigenvalue weighted by molar-refractivity contribution is 6.13. The second-order valence-electron chi connectivity index (χ2n) is 13.8. The molecule has 1 aliphatic carbocycles. The Morgan fingerprint density at radius 3 is 1.86 bits per heavy atom. The van der Waals surface area contributed by atoms with Crippen molar-refractivity contribution in [3.05, 3.63) is 181 Å². The number of benzene rings is 8. The van der Waals surface area contributed by atoms with Crippen molar-refractivity contribution in [3.8, 4) is 22.3 Å². The largest absolute Gasteiger partial charge is 0.310 e. The van der Waals surface area contributed by atoms with E-state index >= 15 is 0 Å². The van der Waals surface area contributed by atoms with Gasteiger partial charge in [0.1, 0.15) is 0 Å². The van der Waals surface area contributed by atoms with Gasteiger partial charge in [0, 0.05) is 39.1 Å². The minimum atomic E-state index is -0.0835. The van der Waals surface area contributed by atoms with Gasteiger partial charge in [0.2, 0.25) is 0 Å². The molecule has 2 aliphatic rings. The maximum absolute atomic E-state index is 2.42. The topological polar surface area (TPSA) is 6.48 Å². The molecule has 8 aromatic rings. The number of para-hydroxylation sites is 1. The Hall–Kier alpha value is -6.12. The number of nitrogens with zero attached hydrogens (tertiary/aromatic N) is 2. The molecular formula is C47H34N2. The van der Waals surface area contributed by atoms with Gasteiger partial charge in [0.15, 0.2) is 0 Å². The maximum atomic E-state index is 2.42. The summed E-state index contributed by atoms with van der Waals surface area (Å²) >= 11 is 0. The van der Waals surface area contributed by atoms with E-state index in [9.17, 15) is 0 Å². The van der Waals surface area contributed by atoms with Crippen LogP contribution in [0, 0.1) is 0 Å². The molecule has 0 saturated carbocycles. The summed E-state index contributed by atoms with van der Waals surface area (Å²) in [4.78, 5) is 4.83. The minimum absolute atomic E-state index is 0.0835. The van der Waals surface area contributed by atoms with Gasteiger partial charge >= 0.3 is 0 Å². The number of anilines is 6. The number of hydrogen-bond donors (Lipinski definition) is 0. The van der Waals surface area contributed by atoms with Crippen LogP contribution in [-0.4, -0.2) is 0 Å². The quantitative estimate of drug-likeness (QED) is 0.192. The highest BCUT2D eigenvalue weighted by Crippen LogP contribution is 2.52. The lowest BCUT2D eigenvalue weighted by atomic mass is 9.82. The monoisotopic (exact) mass is 626 g/mol. The summed E-state index contributed by atoms with van der Waals surface area (Å²) in [6.45, 7) is 4.71. The zero-order chi connectivity index (χ0) is 32.7. The molecule has 0 amide bonds. The molecule has 49 heavy (non-hydrogen) atoms. The van der Waals surface area contributed by atoms with Gasteiger partial charge in [-0.3, -0.25) is 0 Å². The summed E-state index contributed by atoms with van der Waals surface area (Å²) < 4.78 is 0. The standard InChI is InChI=1S/C47H34N2/c1-47(2)42-18-7-5-15-38(42)39-28-27-37(30-43(39)47)48(36-22-21-31-11-3-4-12-33(31)29-36)34-23-25-35(26-24-34)49-44-19-8-6-16-40(44)41-17-9-13-32-14-10-20-45(49)46(32)41/h3-30H,1-2H3. The normalized spacial score (nSPS) is 13.6. The van der Waals surface area contributed by atoms with E-state index in [1.165, 1.54) is 66.3 Å². The fourth-order valence-electron chi connectivity index (χ4n) is 8.38. The van der Waals surface area contributed by atoms with E-state index in [-0.39, 0.29) is 5.41 Å². The zero-order valence-corrected chi connectivity index (χ0v) is 27.6. The molecule has 0 spiro atoms. The number of fused-ring (bicyclic) bond motifs is 6. The summed E-state index contributed by atoms with van der Waals surface area (Å²) in [6.07, 6.45) is 0. The third-order valence-electron chi connectivity index (χ3n) is 10.7. The second-order valence-corrected chi connectivity index (χ2v) is 13.8. The molecule has 2 heteroatoms. The predicted molar refractivity (Wildman–Crippen MR) is 207 cm³/mol. The fourth-order valence-corrected chi connectivity index (χ4v) is 8.38. The number of hydrogen-bond acceptors (Lipinski definition) is 2. The highest BCUT2D eigenvalue weighted by atomic mass is 15.2. The first-order valence-electron chi connectivity index (χ1n) is 17.1. The molecule has 0 saturated heterocycles. The van der Waals surface area contributed by atoms with Crippen LogP contribution in [0.1, 0.15) is 25.0 Å². The van der Waals surface area contributed by atoms with Crippen molar-refractivity contribution in [2.45, 2.75) is 19.3 Å². The third kappa shape index (κ3) is 4.14. The van der Waals surface area contributed by atoms with E-state index in [2.05, 4.69) is 194 Å². The third-order valence-corrected chi connectivity index (χ3v) is 10.7. The average Bonchev–Trinajstić information content (AvgIpc) is 3.38. The van der Waals surface area contributed by atoms with Crippen molar-refractivity contribution in [2.24, 2.45) is 0 Å². The Labute approximate surface area is 287 Å². The molecule has 232 valence electrons. The van der Waals surface area contributed by atoms with Crippen molar-refractivity contribution in [1.29, 1.82) is 0 Å². The van der Waals surface area contributed by atoms with Gasteiger partial charge in [-0.25, -0.2) is 0 Å². The van der Waals surface area contributed by atoms with Crippen LogP contribution in [0.2, 0.25) is 0 Å². The van der Waals surface area contributed by atoms with Crippen LogP contribution in [-0.2, 0) is 5.41 Å². The van der Waals surface area contributed by atoms with Gasteiger partial charge in [-0.1, -0.05) is 123 Å². The van der Waals surface area contributed by atoms with Crippen molar-refractivity contribution < 1.29 is 0 Å². The first-order chi connectivity index (χ1) is 24.1. The molecule has 0 radical (unpaired) electrons. The van der Waals surface area contributed by atoms with E-state index in [1.807, 2.05) is 0 Å². The van der Waals surface area contributed by atoms with Crippen LogP contribution < -0.4 is 9.80 Å². The molecule has 2 nitrogen and oxygen atoms in total. The molecule has 0 aromatic heterocycles.